The number of aliphatic hydroxyl groups is 1. The lowest BCUT2D eigenvalue weighted by molar-refractivity contribution is 0.214. The van der Waals surface area contributed by atoms with Crippen LogP contribution in [0.1, 0.15) is 12.8 Å². The van der Waals surface area contributed by atoms with Crippen LogP contribution >= 0.6 is 0 Å². The molecule has 11 heavy (non-hydrogen) atoms. The van der Waals surface area contributed by atoms with Gasteiger partial charge >= 0.3 is 0 Å². The molecule has 5 heteroatoms. The lowest BCUT2D eigenvalue weighted by Crippen LogP contribution is -2.36. The van der Waals surface area contributed by atoms with Crippen molar-refractivity contribution in [2.45, 2.75) is 18.9 Å². The van der Waals surface area contributed by atoms with Crippen LogP contribution in [0.5, 0.6) is 0 Å². The Hall–Kier alpha value is -0.130. The predicted molar refractivity (Wildman–Crippen MR) is 41.7 cm³/mol. The topological polar surface area (TPSA) is 57.6 Å². The second kappa shape index (κ2) is 3.08. The van der Waals surface area contributed by atoms with Gasteiger partial charge in [-0.05, 0) is 12.8 Å². The van der Waals surface area contributed by atoms with Gasteiger partial charge in [0.15, 0.2) is 0 Å². The van der Waals surface area contributed by atoms with Crippen LogP contribution < -0.4 is 0 Å². The zero-order chi connectivity index (χ0) is 8.48. The quantitative estimate of drug-likeness (QED) is 0.616. The van der Waals surface area contributed by atoms with Crippen molar-refractivity contribution in [3.63, 3.8) is 0 Å². The number of hydrogen-bond donors (Lipinski definition) is 1. The Bertz CT molecular complexity index is 224. The molecular weight excluding hydrogens is 166 g/mol. The predicted octanol–water partition coefficient (Wildman–Crippen LogP) is -0.597. The number of sulfonamides is 1. The molecule has 1 atom stereocenters. The Balaban J connectivity index is 2.72. The van der Waals surface area contributed by atoms with Crippen LogP contribution in [0.2, 0.25) is 0 Å². The van der Waals surface area contributed by atoms with Gasteiger partial charge in [-0.3, -0.25) is 0 Å². The zero-order valence-electron chi connectivity index (χ0n) is 6.52. The molecule has 0 amide bonds. The highest BCUT2D eigenvalue weighted by molar-refractivity contribution is 7.88. The molecule has 0 bridgehead atoms. The molecule has 1 fully saturated rings. The lowest BCUT2D eigenvalue weighted by Gasteiger charge is -2.19. The minimum atomic E-state index is -3.09. The van der Waals surface area contributed by atoms with Gasteiger partial charge in [-0.15, -0.1) is 0 Å². The van der Waals surface area contributed by atoms with Gasteiger partial charge in [0, 0.05) is 12.6 Å². The molecular formula is C6H13NO3S. The molecule has 1 saturated heterocycles. The van der Waals surface area contributed by atoms with E-state index in [4.69, 9.17) is 5.11 Å². The first-order valence-electron chi connectivity index (χ1n) is 3.63. The summed E-state index contributed by atoms with van der Waals surface area (Å²) in [4.78, 5) is 0. The first kappa shape index (κ1) is 8.96. The summed E-state index contributed by atoms with van der Waals surface area (Å²) in [6.45, 7) is 0.497. The number of aliphatic hydroxyl groups excluding tert-OH is 1. The SMILES string of the molecule is CS(=O)(=O)N1CCCC1CO. The summed E-state index contributed by atoms with van der Waals surface area (Å²) >= 11 is 0. The largest absolute Gasteiger partial charge is 0.395 e. The lowest BCUT2D eigenvalue weighted by atomic mass is 10.2. The second-order valence-electron chi connectivity index (χ2n) is 2.85. The molecule has 0 saturated carbocycles. The van der Waals surface area contributed by atoms with Crippen LogP contribution in [0, 0.1) is 0 Å². The van der Waals surface area contributed by atoms with Crippen LogP contribution in [0.15, 0.2) is 0 Å². The molecule has 4 nitrogen and oxygen atoms in total. The van der Waals surface area contributed by atoms with E-state index in [1.54, 1.807) is 0 Å². The van der Waals surface area contributed by atoms with Gasteiger partial charge in [-0.1, -0.05) is 0 Å². The fourth-order valence-electron chi connectivity index (χ4n) is 1.43. The Kier molecular flexibility index (Phi) is 2.51. The van der Waals surface area contributed by atoms with Crippen LogP contribution in [0.4, 0.5) is 0 Å². The molecule has 1 aliphatic heterocycles. The maximum absolute atomic E-state index is 11.0. The third-order valence-corrected chi connectivity index (χ3v) is 3.29. The second-order valence-corrected chi connectivity index (χ2v) is 4.79. The third-order valence-electron chi connectivity index (χ3n) is 1.96. The fourth-order valence-corrected chi connectivity index (χ4v) is 2.60. The fraction of sp³-hybridized carbons (Fsp3) is 1.00. The van der Waals surface area contributed by atoms with E-state index in [1.165, 1.54) is 10.6 Å². The van der Waals surface area contributed by atoms with E-state index < -0.39 is 10.0 Å². The molecule has 1 N–H and O–H groups in total. The Morgan fingerprint density at radius 2 is 2.27 bits per heavy atom. The Morgan fingerprint density at radius 1 is 1.64 bits per heavy atom. The van der Waals surface area contributed by atoms with E-state index in [1.807, 2.05) is 0 Å². The highest BCUT2D eigenvalue weighted by atomic mass is 32.2. The van der Waals surface area contributed by atoms with Crippen molar-refractivity contribution >= 4 is 10.0 Å². The van der Waals surface area contributed by atoms with Gasteiger partial charge < -0.3 is 5.11 Å². The van der Waals surface area contributed by atoms with Crippen molar-refractivity contribution in [2.24, 2.45) is 0 Å². The van der Waals surface area contributed by atoms with Gasteiger partial charge in [0.25, 0.3) is 0 Å². The summed E-state index contributed by atoms with van der Waals surface area (Å²) in [7, 11) is -3.09. The molecule has 1 unspecified atom stereocenters. The van der Waals surface area contributed by atoms with E-state index in [9.17, 15) is 8.42 Å². The summed E-state index contributed by atoms with van der Waals surface area (Å²) in [6.07, 6.45) is 2.82. The Labute approximate surface area is 66.9 Å². The van der Waals surface area contributed by atoms with Crippen molar-refractivity contribution in [1.82, 2.24) is 4.31 Å². The minimum absolute atomic E-state index is 0.0624. The van der Waals surface area contributed by atoms with Crippen molar-refractivity contribution in [3.8, 4) is 0 Å². The highest BCUT2D eigenvalue weighted by Gasteiger charge is 2.30. The highest BCUT2D eigenvalue weighted by Crippen LogP contribution is 2.19. The minimum Gasteiger partial charge on any atom is -0.395 e. The average Bonchev–Trinajstić information content (AvgIpc) is 2.31. The molecule has 66 valence electrons. The smallest absolute Gasteiger partial charge is 0.211 e. The molecule has 0 aromatic heterocycles. The Morgan fingerprint density at radius 3 is 2.64 bits per heavy atom. The normalized spacial score (nSPS) is 27.6. The molecule has 0 aromatic carbocycles. The summed E-state index contributed by atoms with van der Waals surface area (Å²) in [6, 6.07) is -0.176. The van der Waals surface area contributed by atoms with Gasteiger partial charge in [-0.2, -0.15) is 4.31 Å². The van der Waals surface area contributed by atoms with E-state index in [0.29, 0.717) is 6.54 Å². The first-order chi connectivity index (χ1) is 5.05. The maximum atomic E-state index is 11.0. The molecule has 1 heterocycles. The first-order valence-corrected chi connectivity index (χ1v) is 5.48. The summed E-state index contributed by atoms with van der Waals surface area (Å²) in [5.74, 6) is 0. The number of rotatable bonds is 2. The van der Waals surface area contributed by atoms with E-state index in [2.05, 4.69) is 0 Å². The van der Waals surface area contributed by atoms with E-state index in [0.717, 1.165) is 12.8 Å². The van der Waals surface area contributed by atoms with Gasteiger partial charge in [0.2, 0.25) is 10.0 Å². The summed E-state index contributed by atoms with van der Waals surface area (Å²) in [5, 5.41) is 8.79. The van der Waals surface area contributed by atoms with Crippen LogP contribution in [0.25, 0.3) is 0 Å². The number of nitrogens with zero attached hydrogens (tertiary/aromatic N) is 1. The standard InChI is InChI=1S/C6H13NO3S/c1-11(9,10)7-4-2-3-6(7)5-8/h6,8H,2-5H2,1H3. The van der Waals surface area contributed by atoms with E-state index in [-0.39, 0.29) is 12.6 Å². The van der Waals surface area contributed by atoms with Crippen LogP contribution in [-0.4, -0.2) is 43.3 Å². The van der Waals surface area contributed by atoms with Crippen LogP contribution in [0.3, 0.4) is 0 Å². The molecule has 0 radical (unpaired) electrons. The summed E-state index contributed by atoms with van der Waals surface area (Å²) < 4.78 is 23.4. The van der Waals surface area contributed by atoms with E-state index >= 15 is 0 Å². The monoisotopic (exact) mass is 179 g/mol. The maximum Gasteiger partial charge on any atom is 0.211 e. The van der Waals surface area contributed by atoms with Gasteiger partial charge in [0.05, 0.1) is 12.9 Å². The van der Waals surface area contributed by atoms with Crippen molar-refractivity contribution < 1.29 is 13.5 Å². The third kappa shape index (κ3) is 1.91. The van der Waals surface area contributed by atoms with Gasteiger partial charge in [0.1, 0.15) is 0 Å². The van der Waals surface area contributed by atoms with Crippen LogP contribution in [-0.2, 0) is 10.0 Å². The summed E-state index contributed by atoms with van der Waals surface area (Å²) in [5.41, 5.74) is 0. The molecule has 0 aliphatic carbocycles. The van der Waals surface area contributed by atoms with Crippen molar-refractivity contribution in [2.75, 3.05) is 19.4 Å². The molecule has 1 aliphatic rings. The molecule has 0 aromatic rings. The molecule has 1 rings (SSSR count). The van der Waals surface area contributed by atoms with Crippen molar-refractivity contribution in [1.29, 1.82) is 0 Å². The molecule has 0 spiro atoms. The van der Waals surface area contributed by atoms with Crippen molar-refractivity contribution in [3.05, 3.63) is 0 Å². The van der Waals surface area contributed by atoms with Gasteiger partial charge in [-0.25, -0.2) is 8.42 Å². The average molecular weight is 179 g/mol. The zero-order valence-corrected chi connectivity index (χ0v) is 7.34. The number of hydrogen-bond acceptors (Lipinski definition) is 3.